The minimum atomic E-state index is -0.579. The van der Waals surface area contributed by atoms with Crippen molar-refractivity contribution >= 4 is 35.5 Å². The van der Waals surface area contributed by atoms with Crippen molar-refractivity contribution in [2.75, 3.05) is 37.7 Å². The first-order valence-corrected chi connectivity index (χ1v) is 11.8. The van der Waals surface area contributed by atoms with Gasteiger partial charge in [0.05, 0.1) is 13.2 Å². The van der Waals surface area contributed by atoms with E-state index in [0.717, 1.165) is 18.7 Å². The molecule has 2 aromatic heterocycles. The second-order valence-electron chi connectivity index (χ2n) is 8.20. The van der Waals surface area contributed by atoms with E-state index < -0.39 is 17.2 Å². The molecule has 0 saturated carbocycles. The number of aryl methyl sites for hydroxylation is 1. The Labute approximate surface area is 215 Å². The fourth-order valence-electron chi connectivity index (χ4n) is 4.25. The normalized spacial score (nSPS) is 13.1. The summed E-state index contributed by atoms with van der Waals surface area (Å²) in [5, 5.41) is 3.31. The Morgan fingerprint density at radius 2 is 1.83 bits per heavy atom. The summed E-state index contributed by atoms with van der Waals surface area (Å²) in [5.74, 6) is 5.91. The van der Waals surface area contributed by atoms with Crippen LogP contribution in [0.2, 0.25) is 0 Å². The van der Waals surface area contributed by atoms with Crippen LogP contribution >= 0.6 is 12.4 Å². The van der Waals surface area contributed by atoms with Crippen LogP contribution in [0.3, 0.4) is 0 Å². The second-order valence-corrected chi connectivity index (χ2v) is 8.20. The highest BCUT2D eigenvalue weighted by molar-refractivity contribution is 5.85. The number of hydrogen-bond donors (Lipinski definition) is 1. The molecule has 36 heavy (non-hydrogen) atoms. The first-order chi connectivity index (χ1) is 17.0. The number of halogens is 1. The van der Waals surface area contributed by atoms with Gasteiger partial charge in [0, 0.05) is 32.7 Å². The van der Waals surface area contributed by atoms with E-state index in [1.54, 1.807) is 18.4 Å². The van der Waals surface area contributed by atoms with Crippen molar-refractivity contribution in [3.05, 3.63) is 56.7 Å². The van der Waals surface area contributed by atoms with Gasteiger partial charge in [0.1, 0.15) is 6.54 Å². The molecular weight excluding hydrogens is 484 g/mol. The summed E-state index contributed by atoms with van der Waals surface area (Å²) >= 11 is 0. The molecule has 3 heterocycles. The third kappa shape index (κ3) is 5.64. The van der Waals surface area contributed by atoms with Crippen LogP contribution in [-0.4, -0.2) is 57.4 Å². The van der Waals surface area contributed by atoms with Crippen LogP contribution in [0.25, 0.3) is 11.2 Å². The molecule has 1 N–H and O–H groups in total. The maximum atomic E-state index is 13.7. The van der Waals surface area contributed by atoms with E-state index in [4.69, 9.17) is 9.72 Å². The molecule has 1 aliphatic rings. The van der Waals surface area contributed by atoms with E-state index >= 15 is 0 Å². The zero-order chi connectivity index (χ0) is 24.8. The largest absolute Gasteiger partial charge is 0.465 e. The van der Waals surface area contributed by atoms with E-state index in [-0.39, 0.29) is 49.8 Å². The minimum Gasteiger partial charge on any atom is -0.465 e. The van der Waals surface area contributed by atoms with Crippen LogP contribution < -0.4 is 21.5 Å². The molecular formula is C25H31ClN6O4. The van der Waals surface area contributed by atoms with Gasteiger partial charge in [-0.3, -0.25) is 23.3 Å². The molecule has 0 radical (unpaired) electrons. The first kappa shape index (κ1) is 27.0. The average molecular weight is 515 g/mol. The zero-order valence-electron chi connectivity index (χ0n) is 20.5. The Kier molecular flexibility index (Phi) is 9.33. The van der Waals surface area contributed by atoms with Crippen LogP contribution in [0.4, 0.5) is 5.95 Å². The fraction of sp³-hybridized carbons (Fsp3) is 0.440. The monoisotopic (exact) mass is 514 g/mol. The van der Waals surface area contributed by atoms with Gasteiger partial charge >= 0.3 is 11.7 Å². The lowest BCUT2D eigenvalue weighted by Crippen LogP contribution is -2.44. The number of nitrogens with zero attached hydrogens (tertiary/aromatic N) is 5. The van der Waals surface area contributed by atoms with Crippen LogP contribution in [0, 0.1) is 11.8 Å². The molecule has 192 valence electrons. The van der Waals surface area contributed by atoms with Gasteiger partial charge in [-0.05, 0) is 25.8 Å². The zero-order valence-corrected chi connectivity index (χ0v) is 21.3. The smallest absolute Gasteiger partial charge is 0.333 e. The Morgan fingerprint density at radius 3 is 2.50 bits per heavy atom. The number of ether oxygens (including phenoxy) is 1. The van der Waals surface area contributed by atoms with Crippen molar-refractivity contribution in [2.45, 2.75) is 39.9 Å². The van der Waals surface area contributed by atoms with E-state index in [9.17, 15) is 14.4 Å². The SMILES string of the molecule is CC#CCn1c(N2CCNCC2)nc2c1c(=O)n(CCc1ccccc1)c(=O)n2CC(=O)OCC.Cl. The molecule has 0 spiro atoms. The van der Waals surface area contributed by atoms with Crippen molar-refractivity contribution in [1.82, 2.24) is 24.0 Å². The van der Waals surface area contributed by atoms with Gasteiger partial charge in [0.25, 0.3) is 5.56 Å². The maximum absolute atomic E-state index is 13.7. The van der Waals surface area contributed by atoms with E-state index in [0.29, 0.717) is 25.5 Å². The number of carbonyl (C=O) groups excluding carboxylic acids is 1. The topological polar surface area (TPSA) is 103 Å². The van der Waals surface area contributed by atoms with E-state index in [2.05, 4.69) is 22.1 Å². The number of hydrogen-bond acceptors (Lipinski definition) is 7. The molecule has 3 aromatic rings. The lowest BCUT2D eigenvalue weighted by Gasteiger charge is -2.28. The number of fused-ring (bicyclic) bond motifs is 1. The lowest BCUT2D eigenvalue weighted by molar-refractivity contribution is -0.143. The molecule has 1 saturated heterocycles. The van der Waals surface area contributed by atoms with Gasteiger partial charge in [-0.15, -0.1) is 18.3 Å². The predicted octanol–water partition coefficient (Wildman–Crippen LogP) is 1.02. The van der Waals surface area contributed by atoms with Gasteiger partial charge in [-0.25, -0.2) is 4.79 Å². The molecule has 0 amide bonds. The molecule has 11 heteroatoms. The molecule has 0 atom stereocenters. The van der Waals surface area contributed by atoms with Crippen molar-refractivity contribution in [3.8, 4) is 11.8 Å². The summed E-state index contributed by atoms with van der Waals surface area (Å²) in [6.45, 7) is 6.69. The fourth-order valence-corrected chi connectivity index (χ4v) is 4.25. The van der Waals surface area contributed by atoms with Crippen LogP contribution in [-0.2, 0) is 35.6 Å². The standard InChI is InChI=1S/C25H30N6O4.ClH/c1-3-5-14-29-21-22(27-24(29)28-16-12-26-13-17-28)31(18-20(32)35-4-2)25(34)30(23(21)33)15-11-19-9-7-6-8-10-19;/h6-10,26H,4,11-18H2,1-2H3;1H. The summed E-state index contributed by atoms with van der Waals surface area (Å²) in [7, 11) is 0. The Balaban J connectivity index is 0.00000361. The van der Waals surface area contributed by atoms with Crippen molar-refractivity contribution in [3.63, 3.8) is 0 Å². The summed E-state index contributed by atoms with van der Waals surface area (Å²) < 4.78 is 9.31. The Morgan fingerprint density at radius 1 is 1.11 bits per heavy atom. The predicted molar refractivity (Wildman–Crippen MR) is 141 cm³/mol. The van der Waals surface area contributed by atoms with E-state index in [1.165, 1.54) is 9.13 Å². The molecule has 0 unspecified atom stereocenters. The minimum absolute atomic E-state index is 0. The molecule has 0 aliphatic carbocycles. The number of benzene rings is 1. The number of esters is 1. The number of rotatable bonds is 8. The van der Waals surface area contributed by atoms with E-state index in [1.807, 2.05) is 30.3 Å². The van der Waals surface area contributed by atoms with Crippen molar-refractivity contribution in [1.29, 1.82) is 0 Å². The first-order valence-electron chi connectivity index (χ1n) is 11.8. The van der Waals surface area contributed by atoms with Gasteiger partial charge in [-0.1, -0.05) is 36.3 Å². The number of nitrogens with one attached hydrogen (secondary N) is 1. The summed E-state index contributed by atoms with van der Waals surface area (Å²) in [4.78, 5) is 46.4. The lowest BCUT2D eigenvalue weighted by atomic mass is 10.1. The van der Waals surface area contributed by atoms with Gasteiger partial charge in [-0.2, -0.15) is 4.98 Å². The summed E-state index contributed by atoms with van der Waals surface area (Å²) in [6, 6.07) is 9.64. The maximum Gasteiger partial charge on any atom is 0.333 e. The van der Waals surface area contributed by atoms with Crippen LogP contribution in [0.5, 0.6) is 0 Å². The molecule has 0 bridgehead atoms. The summed E-state index contributed by atoms with van der Waals surface area (Å²) in [6.07, 6.45) is 0.494. The molecule has 10 nitrogen and oxygen atoms in total. The van der Waals surface area contributed by atoms with Gasteiger partial charge in [0.2, 0.25) is 5.95 Å². The molecule has 1 aromatic carbocycles. The van der Waals surface area contributed by atoms with Crippen molar-refractivity contribution < 1.29 is 9.53 Å². The van der Waals surface area contributed by atoms with Crippen LogP contribution in [0.15, 0.2) is 39.9 Å². The number of imidazole rings is 1. The third-order valence-electron chi connectivity index (χ3n) is 5.97. The highest BCUT2D eigenvalue weighted by Gasteiger charge is 2.26. The molecule has 4 rings (SSSR count). The van der Waals surface area contributed by atoms with Gasteiger partial charge in [0.15, 0.2) is 11.2 Å². The Hall–Kier alpha value is -3.55. The third-order valence-corrected chi connectivity index (χ3v) is 5.97. The number of aromatic nitrogens is 4. The molecule has 1 aliphatic heterocycles. The van der Waals surface area contributed by atoms with Gasteiger partial charge < -0.3 is 15.0 Å². The number of piperazine rings is 1. The number of carbonyl (C=O) groups is 1. The highest BCUT2D eigenvalue weighted by Crippen LogP contribution is 2.20. The molecule has 1 fully saturated rings. The quantitative estimate of drug-likeness (QED) is 0.353. The second kappa shape index (κ2) is 12.4. The average Bonchev–Trinajstić information content (AvgIpc) is 3.26. The highest BCUT2D eigenvalue weighted by atomic mass is 35.5. The number of anilines is 1. The Bertz CT molecular complexity index is 1380. The van der Waals surface area contributed by atoms with Crippen LogP contribution in [0.1, 0.15) is 19.4 Å². The van der Waals surface area contributed by atoms with Crippen molar-refractivity contribution in [2.24, 2.45) is 0 Å². The summed E-state index contributed by atoms with van der Waals surface area (Å²) in [5.41, 5.74) is 0.425.